The van der Waals surface area contributed by atoms with Gasteiger partial charge in [-0.3, -0.25) is 9.59 Å². The van der Waals surface area contributed by atoms with Crippen molar-refractivity contribution in [3.8, 4) is 0 Å². The molecule has 3 aliphatic carbocycles. The number of carboxylic acids is 1. The van der Waals surface area contributed by atoms with Crippen LogP contribution < -0.4 is 5.32 Å². The molecular weight excluding hydrogens is 302 g/mol. The summed E-state index contributed by atoms with van der Waals surface area (Å²) >= 11 is 0. The van der Waals surface area contributed by atoms with Crippen molar-refractivity contribution in [2.75, 3.05) is 0 Å². The van der Waals surface area contributed by atoms with Crippen LogP contribution in [0, 0.1) is 23.2 Å². The van der Waals surface area contributed by atoms with E-state index in [0.29, 0.717) is 36.1 Å². The van der Waals surface area contributed by atoms with Crippen LogP contribution in [-0.2, 0) is 9.59 Å². The van der Waals surface area contributed by atoms with Crippen LogP contribution in [0.4, 0.5) is 0 Å². The van der Waals surface area contributed by atoms with Crippen LogP contribution in [0.5, 0.6) is 0 Å². The lowest BCUT2D eigenvalue weighted by Gasteiger charge is -2.62. The van der Waals surface area contributed by atoms with E-state index in [4.69, 9.17) is 5.11 Å². The molecule has 1 amide bonds. The summed E-state index contributed by atoms with van der Waals surface area (Å²) < 4.78 is 0. The first-order valence-electron chi connectivity index (χ1n) is 9.52. The molecule has 3 rings (SSSR count). The van der Waals surface area contributed by atoms with Gasteiger partial charge in [-0.05, 0) is 61.7 Å². The summed E-state index contributed by atoms with van der Waals surface area (Å²) in [4.78, 5) is 22.6. The summed E-state index contributed by atoms with van der Waals surface area (Å²) in [7, 11) is 0. The molecule has 4 unspecified atom stereocenters. The molecule has 0 aromatic rings. The highest BCUT2D eigenvalue weighted by atomic mass is 16.4. The van der Waals surface area contributed by atoms with Crippen LogP contribution >= 0.6 is 0 Å². The van der Waals surface area contributed by atoms with Crippen molar-refractivity contribution in [3.63, 3.8) is 0 Å². The third-order valence-corrected chi connectivity index (χ3v) is 6.28. The van der Waals surface area contributed by atoms with Crippen molar-refractivity contribution in [2.24, 2.45) is 23.2 Å². The number of carboxylic acid groups (broad SMARTS) is 1. The Morgan fingerprint density at radius 2 is 1.96 bits per heavy atom. The molecule has 4 atom stereocenters. The lowest BCUT2D eigenvalue weighted by molar-refractivity contribution is -0.137. The number of carbonyl (C=O) groups is 2. The van der Waals surface area contributed by atoms with Crippen molar-refractivity contribution in [1.82, 2.24) is 5.32 Å². The Morgan fingerprint density at radius 1 is 1.21 bits per heavy atom. The van der Waals surface area contributed by atoms with Crippen molar-refractivity contribution >= 4 is 11.9 Å². The van der Waals surface area contributed by atoms with E-state index in [1.165, 1.54) is 6.42 Å². The zero-order valence-corrected chi connectivity index (χ0v) is 15.4. The molecule has 0 radical (unpaired) electrons. The first kappa shape index (κ1) is 19.0. The molecule has 2 N–H and O–H groups in total. The maximum absolute atomic E-state index is 12.0. The molecular formula is C20H33NO3. The second kappa shape index (κ2) is 8.17. The maximum atomic E-state index is 12.0. The summed E-state index contributed by atoms with van der Waals surface area (Å²) in [6.45, 7) is 6.79. The van der Waals surface area contributed by atoms with Crippen LogP contribution in [0.3, 0.4) is 0 Å². The lowest BCUT2D eigenvalue weighted by Crippen LogP contribution is -2.61. The number of aliphatic carboxylic acids is 1. The summed E-state index contributed by atoms with van der Waals surface area (Å²) in [5.41, 5.74) is 0.397. The van der Waals surface area contributed by atoms with Crippen LogP contribution in [0.15, 0.2) is 12.2 Å². The zero-order chi connectivity index (χ0) is 17.7. The highest BCUT2D eigenvalue weighted by Gasteiger charge is 2.57. The highest BCUT2D eigenvalue weighted by Crippen LogP contribution is 2.62. The van der Waals surface area contributed by atoms with Gasteiger partial charge in [-0.25, -0.2) is 0 Å². The number of amides is 1. The number of unbranched alkanes of at least 4 members (excludes halogenated alkanes) is 1. The average molecular weight is 335 g/mol. The minimum absolute atomic E-state index is 0.192. The number of allylic oxidation sites excluding steroid dienone is 2. The first-order valence-corrected chi connectivity index (χ1v) is 9.52. The summed E-state index contributed by atoms with van der Waals surface area (Å²) in [6.07, 6.45) is 11.0. The van der Waals surface area contributed by atoms with Gasteiger partial charge in [0.2, 0.25) is 5.91 Å². The summed E-state index contributed by atoms with van der Waals surface area (Å²) in [5.74, 6) is 1.41. The van der Waals surface area contributed by atoms with E-state index in [1.54, 1.807) is 0 Å². The molecule has 0 spiro atoms. The van der Waals surface area contributed by atoms with Gasteiger partial charge in [0.1, 0.15) is 0 Å². The second-order valence-electron chi connectivity index (χ2n) is 8.18. The van der Waals surface area contributed by atoms with Gasteiger partial charge in [-0.2, -0.15) is 0 Å². The molecule has 136 valence electrons. The molecule has 0 aliphatic heterocycles. The summed E-state index contributed by atoms with van der Waals surface area (Å²) in [5, 5.41) is 12.0. The topological polar surface area (TPSA) is 66.4 Å². The first-order chi connectivity index (χ1) is 11.4. The fraction of sp³-hybridized carbons (Fsp3) is 0.800. The van der Waals surface area contributed by atoms with Crippen molar-refractivity contribution in [2.45, 2.75) is 78.2 Å². The Morgan fingerprint density at radius 3 is 2.58 bits per heavy atom. The Bertz CT molecular complexity index is 483. The largest absolute Gasteiger partial charge is 0.481 e. The Balaban J connectivity index is 1.89. The predicted molar refractivity (Wildman–Crippen MR) is 95.6 cm³/mol. The fourth-order valence-corrected chi connectivity index (χ4v) is 4.69. The van der Waals surface area contributed by atoms with Gasteiger partial charge >= 0.3 is 5.97 Å². The van der Waals surface area contributed by atoms with E-state index in [9.17, 15) is 9.59 Å². The van der Waals surface area contributed by atoms with Gasteiger partial charge in [-0.15, -0.1) is 0 Å². The Hall–Kier alpha value is -1.32. The van der Waals surface area contributed by atoms with Gasteiger partial charge in [0.25, 0.3) is 0 Å². The maximum Gasteiger partial charge on any atom is 0.303 e. The van der Waals surface area contributed by atoms with Gasteiger partial charge in [0, 0.05) is 18.9 Å². The monoisotopic (exact) mass is 335 g/mol. The number of hydrogen-bond acceptors (Lipinski definition) is 2. The van der Waals surface area contributed by atoms with Crippen LogP contribution in [-0.4, -0.2) is 23.0 Å². The Labute approximate surface area is 146 Å². The smallest absolute Gasteiger partial charge is 0.303 e. The summed E-state index contributed by atoms with van der Waals surface area (Å²) in [6, 6.07) is 0.310. The number of carbonyl (C=O) groups excluding carboxylic acids is 1. The van der Waals surface area contributed by atoms with Gasteiger partial charge < -0.3 is 10.4 Å². The zero-order valence-electron chi connectivity index (χ0n) is 15.4. The van der Waals surface area contributed by atoms with Crippen LogP contribution in [0.1, 0.15) is 72.1 Å². The highest BCUT2D eigenvalue weighted by molar-refractivity contribution is 5.76. The standard InChI is InChI=1S/C20H33NO3/c1-4-9-18(22)21-17-13-14-12-16(20(14,2)3)15(17)10-7-5-6-8-11-19(23)24/h5,7,14-17H,4,6,8-13H2,1-3H3,(H,21,22)(H,23,24)/b7-5+. The predicted octanol–water partition coefficient (Wildman–Crippen LogP) is 4.15. The minimum Gasteiger partial charge on any atom is -0.481 e. The second-order valence-corrected chi connectivity index (χ2v) is 8.18. The molecule has 24 heavy (non-hydrogen) atoms. The number of hydrogen-bond donors (Lipinski definition) is 2. The van der Waals surface area contributed by atoms with Gasteiger partial charge in [0.05, 0.1) is 0 Å². The fourth-order valence-electron chi connectivity index (χ4n) is 4.69. The van der Waals surface area contributed by atoms with Crippen LogP contribution in [0.2, 0.25) is 0 Å². The molecule has 0 saturated heterocycles. The quantitative estimate of drug-likeness (QED) is 0.491. The molecule has 0 aromatic carbocycles. The molecule has 2 bridgehead atoms. The number of fused-ring (bicyclic) bond motifs is 2. The molecule has 0 heterocycles. The third-order valence-electron chi connectivity index (χ3n) is 6.28. The molecule has 3 saturated carbocycles. The molecule has 3 fully saturated rings. The van der Waals surface area contributed by atoms with Gasteiger partial charge in [-0.1, -0.05) is 32.9 Å². The molecule has 0 aromatic heterocycles. The van der Waals surface area contributed by atoms with Crippen molar-refractivity contribution < 1.29 is 14.7 Å². The van der Waals surface area contributed by atoms with E-state index in [-0.39, 0.29) is 12.3 Å². The lowest BCUT2D eigenvalue weighted by atomic mass is 9.44. The molecule has 4 nitrogen and oxygen atoms in total. The van der Waals surface area contributed by atoms with E-state index in [1.807, 2.05) is 6.92 Å². The average Bonchev–Trinajstić information content (AvgIpc) is 2.51. The van der Waals surface area contributed by atoms with Crippen LogP contribution in [0.25, 0.3) is 0 Å². The van der Waals surface area contributed by atoms with E-state index < -0.39 is 5.97 Å². The normalized spacial score (nSPS) is 30.8. The minimum atomic E-state index is -0.725. The van der Waals surface area contributed by atoms with Gasteiger partial charge in [0.15, 0.2) is 0 Å². The van der Waals surface area contributed by atoms with E-state index >= 15 is 0 Å². The van der Waals surface area contributed by atoms with E-state index in [2.05, 4.69) is 31.3 Å². The number of rotatable bonds is 9. The number of nitrogens with one attached hydrogen (secondary N) is 1. The molecule has 3 aliphatic rings. The van der Waals surface area contributed by atoms with E-state index in [0.717, 1.165) is 31.6 Å². The van der Waals surface area contributed by atoms with Crippen molar-refractivity contribution in [3.05, 3.63) is 12.2 Å². The third kappa shape index (κ3) is 4.40. The molecule has 4 heteroatoms. The van der Waals surface area contributed by atoms with Crippen molar-refractivity contribution in [1.29, 1.82) is 0 Å². The Kier molecular flexibility index (Phi) is 6.47. The SMILES string of the molecule is CCCC(=O)NC1CC2CC(C1C/C=C/CCCC(=O)O)C2(C)C.